The number of hydrogen-bond donors (Lipinski definition) is 10. The molecule has 0 aliphatic rings. The molecule has 0 aromatic heterocycles. The maximum absolute atomic E-state index is 13.7. The van der Waals surface area contributed by atoms with E-state index in [2.05, 4.69) is 44.5 Å². The van der Waals surface area contributed by atoms with Crippen LogP contribution in [0.5, 0.6) is 0 Å². The average Bonchev–Trinajstić information content (AvgIpc) is 3.09. The average molecular weight is 781 g/mol. The van der Waals surface area contributed by atoms with Crippen LogP contribution in [-0.2, 0) is 54.4 Å². The Bertz CT molecular complexity index is 1490. The number of carbonyl (C=O) groups is 10. The predicted molar refractivity (Wildman–Crippen MR) is 193 cm³/mol. The van der Waals surface area contributed by atoms with Crippen molar-refractivity contribution in [2.75, 3.05) is 5.75 Å². The van der Waals surface area contributed by atoms with Crippen LogP contribution in [0, 0.1) is 5.92 Å². The molecule has 0 unspecified atom stereocenters. The Balaban J connectivity index is 3.38. The molecular formula is C34H48N6O13S. The van der Waals surface area contributed by atoms with Gasteiger partial charge in [0.1, 0.15) is 36.5 Å². The molecule has 6 amide bonds. The number of hydrogen-bond acceptors (Lipinski definition) is 11. The third-order valence-corrected chi connectivity index (χ3v) is 7.97. The minimum Gasteiger partial charge on any atom is -0.481 e. The number of carboxylic acids is 3. The predicted octanol–water partition coefficient (Wildman–Crippen LogP) is -1.46. The number of aliphatic carboxylic acids is 3. The Labute approximate surface area is 316 Å². The van der Waals surface area contributed by atoms with E-state index in [1.165, 1.54) is 0 Å². The Morgan fingerprint density at radius 2 is 1.07 bits per heavy atom. The van der Waals surface area contributed by atoms with E-state index in [1.807, 2.05) is 0 Å². The first-order valence-corrected chi connectivity index (χ1v) is 17.5. The number of rotatable bonds is 25. The van der Waals surface area contributed by atoms with E-state index in [4.69, 9.17) is 0 Å². The van der Waals surface area contributed by atoms with Crippen LogP contribution in [0.1, 0.15) is 64.9 Å². The van der Waals surface area contributed by atoms with Gasteiger partial charge in [-0.25, -0.2) is 0 Å². The van der Waals surface area contributed by atoms with Crippen LogP contribution in [0.4, 0.5) is 0 Å². The number of benzene rings is 1. The highest BCUT2D eigenvalue weighted by Crippen LogP contribution is 2.11. The standard InChI is InChI=1S/C34H48N6O13S/c1-18(2)13-24(39-30(49)22(9-11-27(43)44)38-34(53)26(15-29(47)48)35-19(3)42)33(52)37-23(10-12-28(45)46)31(50)40-25(14-20-7-5-4-6-8-20)32(51)36-21(16-41)17-54/h4-8,16,18,21-26,54H,9-15,17H2,1-3H3,(H,35,42)(H,36,51)(H,37,52)(H,38,53)(H,39,49)(H,40,50)(H,43,44)(H,45,46)(H,47,48)/t21-,22-,23+,24+,25+,26+/m1/s1. The molecule has 20 heteroatoms. The molecule has 0 saturated heterocycles. The number of thiol groups is 1. The largest absolute Gasteiger partial charge is 0.481 e. The second kappa shape index (κ2) is 23.9. The summed E-state index contributed by atoms with van der Waals surface area (Å²) < 4.78 is 0. The zero-order chi connectivity index (χ0) is 41.0. The summed E-state index contributed by atoms with van der Waals surface area (Å²) in [4.78, 5) is 124. The molecule has 1 aromatic carbocycles. The van der Waals surface area contributed by atoms with Gasteiger partial charge in [0, 0.05) is 31.9 Å². The van der Waals surface area contributed by atoms with E-state index >= 15 is 0 Å². The van der Waals surface area contributed by atoms with Crippen molar-refractivity contribution in [3.8, 4) is 0 Å². The fourth-order valence-electron chi connectivity index (χ4n) is 4.96. The summed E-state index contributed by atoms with van der Waals surface area (Å²) in [7, 11) is 0. The van der Waals surface area contributed by atoms with E-state index in [9.17, 15) is 63.3 Å². The first-order chi connectivity index (χ1) is 25.4. The van der Waals surface area contributed by atoms with Gasteiger partial charge < -0.3 is 52.0 Å². The first-order valence-electron chi connectivity index (χ1n) is 16.9. The Hall–Kier alpha value is -5.53. The van der Waals surface area contributed by atoms with Crippen LogP contribution >= 0.6 is 12.6 Å². The fraction of sp³-hybridized carbons (Fsp3) is 0.529. The van der Waals surface area contributed by atoms with Gasteiger partial charge in [-0.3, -0.25) is 43.2 Å². The van der Waals surface area contributed by atoms with E-state index in [0.29, 0.717) is 11.8 Å². The summed E-state index contributed by atoms with van der Waals surface area (Å²) in [5.74, 6) is -10.0. The lowest BCUT2D eigenvalue weighted by molar-refractivity contribution is -0.141. The van der Waals surface area contributed by atoms with Crippen molar-refractivity contribution in [1.82, 2.24) is 31.9 Å². The highest BCUT2D eigenvalue weighted by atomic mass is 32.1. The Morgan fingerprint density at radius 1 is 0.630 bits per heavy atom. The third-order valence-electron chi connectivity index (χ3n) is 7.58. The van der Waals surface area contributed by atoms with Gasteiger partial charge >= 0.3 is 17.9 Å². The van der Waals surface area contributed by atoms with Gasteiger partial charge in [0.05, 0.1) is 12.5 Å². The summed E-state index contributed by atoms with van der Waals surface area (Å²) >= 11 is 4.02. The summed E-state index contributed by atoms with van der Waals surface area (Å²) in [6, 6.07) is -0.0363. The van der Waals surface area contributed by atoms with E-state index in [-0.39, 0.29) is 24.5 Å². The minimum atomic E-state index is -1.63. The van der Waals surface area contributed by atoms with Gasteiger partial charge in [0.15, 0.2) is 0 Å². The van der Waals surface area contributed by atoms with Crippen LogP contribution in [-0.4, -0.2) is 117 Å². The number of carboxylic acid groups (broad SMARTS) is 3. The fourth-order valence-corrected chi connectivity index (χ4v) is 5.14. The Kier molecular flexibility index (Phi) is 20.6. The van der Waals surface area contributed by atoms with Crippen molar-refractivity contribution >= 4 is 72.3 Å². The summed E-state index contributed by atoms with van der Waals surface area (Å²) in [5, 5.41) is 42.0. The summed E-state index contributed by atoms with van der Waals surface area (Å²) in [5.41, 5.74) is 0.619. The number of nitrogens with one attached hydrogen (secondary N) is 6. The monoisotopic (exact) mass is 780 g/mol. The van der Waals surface area contributed by atoms with Gasteiger partial charge in [0.2, 0.25) is 35.4 Å². The van der Waals surface area contributed by atoms with Crippen molar-refractivity contribution in [3.63, 3.8) is 0 Å². The molecule has 0 radical (unpaired) electrons. The molecule has 298 valence electrons. The van der Waals surface area contributed by atoms with Gasteiger partial charge in [0.25, 0.3) is 0 Å². The lowest BCUT2D eigenvalue weighted by atomic mass is 10.0. The highest BCUT2D eigenvalue weighted by Gasteiger charge is 2.34. The molecule has 1 aromatic rings. The van der Waals surface area contributed by atoms with Crippen LogP contribution in [0.15, 0.2) is 30.3 Å². The molecule has 0 aliphatic heterocycles. The van der Waals surface area contributed by atoms with Crippen molar-refractivity contribution in [2.24, 2.45) is 5.92 Å². The van der Waals surface area contributed by atoms with Crippen LogP contribution < -0.4 is 31.9 Å². The number of aldehydes is 1. The summed E-state index contributed by atoms with van der Waals surface area (Å²) in [6.45, 7) is 4.42. The van der Waals surface area contributed by atoms with Gasteiger partial charge in [-0.05, 0) is 30.7 Å². The quantitative estimate of drug-likeness (QED) is 0.0401. The van der Waals surface area contributed by atoms with Crippen LogP contribution in [0.2, 0.25) is 0 Å². The zero-order valence-corrected chi connectivity index (χ0v) is 30.9. The highest BCUT2D eigenvalue weighted by molar-refractivity contribution is 7.80. The van der Waals surface area contributed by atoms with Gasteiger partial charge in [-0.2, -0.15) is 12.6 Å². The molecule has 0 heterocycles. The van der Waals surface area contributed by atoms with Crippen LogP contribution in [0.25, 0.3) is 0 Å². The molecule has 9 N–H and O–H groups in total. The van der Waals surface area contributed by atoms with Gasteiger partial charge in [-0.1, -0.05) is 44.2 Å². The van der Waals surface area contributed by atoms with Gasteiger partial charge in [-0.15, -0.1) is 0 Å². The topological polar surface area (TPSA) is 304 Å². The van der Waals surface area contributed by atoms with E-state index in [0.717, 1.165) is 6.92 Å². The summed E-state index contributed by atoms with van der Waals surface area (Å²) in [6.07, 6.45) is -2.72. The number of carbonyl (C=O) groups excluding carboxylic acids is 7. The zero-order valence-electron chi connectivity index (χ0n) is 30.0. The normalized spacial score (nSPS) is 14.1. The molecule has 6 atom stereocenters. The van der Waals surface area contributed by atoms with E-state index in [1.54, 1.807) is 44.2 Å². The number of amides is 6. The minimum absolute atomic E-state index is 0.0411. The maximum Gasteiger partial charge on any atom is 0.305 e. The molecule has 0 spiro atoms. The molecule has 1 rings (SSSR count). The smallest absolute Gasteiger partial charge is 0.305 e. The lowest BCUT2D eigenvalue weighted by Crippen LogP contribution is -2.60. The van der Waals surface area contributed by atoms with Crippen LogP contribution in [0.3, 0.4) is 0 Å². The Morgan fingerprint density at radius 3 is 1.50 bits per heavy atom. The molecule has 19 nitrogen and oxygen atoms in total. The maximum atomic E-state index is 13.7. The molecule has 0 saturated carbocycles. The molecular weight excluding hydrogens is 732 g/mol. The third kappa shape index (κ3) is 18.3. The second-order valence-corrected chi connectivity index (χ2v) is 13.1. The SMILES string of the molecule is CC(=O)N[C@@H](CC(=O)O)C(=O)N[C@H](CCC(=O)O)C(=O)N[C@@H](CC(C)C)C(=O)N[C@@H](CCC(=O)O)C(=O)N[C@@H](Cc1ccccc1)C(=O)N[C@H](C=O)CS. The lowest BCUT2D eigenvalue weighted by Gasteiger charge is -2.28. The molecule has 0 aliphatic carbocycles. The first kappa shape index (κ1) is 46.5. The van der Waals surface area contributed by atoms with E-state index < -0.39 is 122 Å². The second-order valence-electron chi connectivity index (χ2n) is 12.7. The van der Waals surface area contributed by atoms with Crippen molar-refractivity contribution in [1.29, 1.82) is 0 Å². The van der Waals surface area contributed by atoms with Crippen molar-refractivity contribution < 1.29 is 63.3 Å². The van der Waals surface area contributed by atoms with Crippen molar-refractivity contribution in [3.05, 3.63) is 35.9 Å². The molecule has 54 heavy (non-hydrogen) atoms. The molecule has 0 bridgehead atoms. The van der Waals surface area contributed by atoms with Crippen molar-refractivity contribution in [2.45, 2.75) is 102 Å². The molecule has 0 fully saturated rings.